The number of hydrogen-bond acceptors (Lipinski definition) is 3. The van der Waals surface area contributed by atoms with Crippen molar-refractivity contribution in [1.29, 1.82) is 0 Å². The summed E-state index contributed by atoms with van der Waals surface area (Å²) in [5, 5.41) is 3.53. The fraction of sp³-hybridized carbons (Fsp3) is 0.722. The molecule has 0 bridgehead atoms. The van der Waals surface area contributed by atoms with Gasteiger partial charge in [-0.1, -0.05) is 39.2 Å². The molecule has 1 saturated heterocycles. The maximum atomic E-state index is 4.70. The molecule has 0 amide bonds. The van der Waals surface area contributed by atoms with Gasteiger partial charge in [0.15, 0.2) is 0 Å². The van der Waals surface area contributed by atoms with E-state index in [2.05, 4.69) is 36.2 Å². The Morgan fingerprint density at radius 1 is 1.24 bits per heavy atom. The van der Waals surface area contributed by atoms with Gasteiger partial charge in [0.25, 0.3) is 0 Å². The van der Waals surface area contributed by atoms with Gasteiger partial charge >= 0.3 is 0 Å². The van der Waals surface area contributed by atoms with Crippen LogP contribution in [0.15, 0.2) is 18.3 Å². The van der Waals surface area contributed by atoms with Crippen LogP contribution in [0.4, 0.5) is 5.82 Å². The van der Waals surface area contributed by atoms with Crippen LogP contribution in [-0.4, -0.2) is 24.1 Å². The minimum atomic E-state index is 0.516. The lowest BCUT2D eigenvalue weighted by Gasteiger charge is -2.42. The molecule has 1 aromatic rings. The molecule has 1 saturated carbocycles. The summed E-state index contributed by atoms with van der Waals surface area (Å²) in [5.74, 6) is 3.10. The van der Waals surface area contributed by atoms with E-state index in [1.165, 1.54) is 56.6 Å². The lowest BCUT2D eigenvalue weighted by molar-refractivity contribution is 0.202. The molecule has 3 rings (SSSR count). The SMILES string of the molecule is CC(C)NCc1cccnc1N1CCC2CCCCC2C1. The highest BCUT2D eigenvalue weighted by Gasteiger charge is 2.32. The van der Waals surface area contributed by atoms with Crippen LogP contribution in [0.2, 0.25) is 0 Å². The molecule has 3 nitrogen and oxygen atoms in total. The van der Waals surface area contributed by atoms with Crippen LogP contribution in [0.1, 0.15) is 51.5 Å². The molecule has 116 valence electrons. The second-order valence-electron chi connectivity index (χ2n) is 7.06. The van der Waals surface area contributed by atoms with Crippen molar-refractivity contribution in [3.63, 3.8) is 0 Å². The molecule has 0 radical (unpaired) electrons. The molecule has 0 spiro atoms. The molecular formula is C18H29N3. The first-order chi connectivity index (χ1) is 10.2. The Morgan fingerprint density at radius 2 is 2.05 bits per heavy atom. The van der Waals surface area contributed by atoms with Crippen molar-refractivity contribution in [3.8, 4) is 0 Å². The van der Waals surface area contributed by atoms with Gasteiger partial charge in [0.2, 0.25) is 0 Å². The number of pyridine rings is 1. The zero-order valence-corrected chi connectivity index (χ0v) is 13.5. The second-order valence-corrected chi connectivity index (χ2v) is 7.06. The van der Waals surface area contributed by atoms with Crippen LogP contribution < -0.4 is 10.2 Å². The summed E-state index contributed by atoms with van der Waals surface area (Å²) >= 11 is 0. The van der Waals surface area contributed by atoms with E-state index in [9.17, 15) is 0 Å². The van der Waals surface area contributed by atoms with E-state index in [4.69, 9.17) is 4.98 Å². The monoisotopic (exact) mass is 287 g/mol. The first kappa shape index (κ1) is 14.8. The third-order valence-electron chi connectivity index (χ3n) is 5.16. The topological polar surface area (TPSA) is 28.2 Å². The predicted octanol–water partition coefficient (Wildman–Crippen LogP) is 3.60. The summed E-state index contributed by atoms with van der Waals surface area (Å²) in [6.45, 7) is 7.72. The molecule has 2 aliphatic rings. The number of aromatic nitrogens is 1. The Hall–Kier alpha value is -1.09. The van der Waals surface area contributed by atoms with E-state index in [1.807, 2.05) is 6.20 Å². The molecule has 3 heteroatoms. The smallest absolute Gasteiger partial charge is 0.133 e. The first-order valence-corrected chi connectivity index (χ1v) is 8.66. The summed E-state index contributed by atoms with van der Waals surface area (Å²) < 4.78 is 0. The zero-order valence-electron chi connectivity index (χ0n) is 13.5. The van der Waals surface area contributed by atoms with Gasteiger partial charge < -0.3 is 10.2 Å². The number of anilines is 1. The Balaban J connectivity index is 1.71. The first-order valence-electron chi connectivity index (χ1n) is 8.66. The maximum Gasteiger partial charge on any atom is 0.133 e. The molecule has 2 heterocycles. The highest BCUT2D eigenvalue weighted by atomic mass is 15.2. The number of hydrogen-bond donors (Lipinski definition) is 1. The van der Waals surface area contributed by atoms with Gasteiger partial charge in [0.1, 0.15) is 5.82 Å². The van der Waals surface area contributed by atoms with Crippen molar-refractivity contribution in [3.05, 3.63) is 23.9 Å². The van der Waals surface area contributed by atoms with Crippen LogP contribution in [0.25, 0.3) is 0 Å². The average Bonchev–Trinajstić information content (AvgIpc) is 2.52. The van der Waals surface area contributed by atoms with Gasteiger partial charge in [0.05, 0.1) is 0 Å². The van der Waals surface area contributed by atoms with E-state index in [1.54, 1.807) is 0 Å². The average molecular weight is 287 g/mol. The van der Waals surface area contributed by atoms with Crippen LogP contribution in [0, 0.1) is 11.8 Å². The van der Waals surface area contributed by atoms with E-state index in [0.29, 0.717) is 6.04 Å². The standard InChI is InChI=1S/C18H29N3/c1-14(2)20-12-16-8-5-10-19-18(16)21-11-9-15-6-3-4-7-17(15)13-21/h5,8,10,14-15,17,20H,3-4,6-7,9,11-13H2,1-2H3. The third kappa shape index (κ3) is 3.57. The van der Waals surface area contributed by atoms with E-state index in [0.717, 1.165) is 18.4 Å². The van der Waals surface area contributed by atoms with Gasteiger partial charge in [-0.25, -0.2) is 4.98 Å². The van der Waals surface area contributed by atoms with Gasteiger partial charge in [0, 0.05) is 37.4 Å². The van der Waals surface area contributed by atoms with E-state index >= 15 is 0 Å². The fourth-order valence-corrected chi connectivity index (χ4v) is 3.96. The molecule has 0 aromatic carbocycles. The lowest BCUT2D eigenvalue weighted by atomic mass is 9.75. The number of piperidine rings is 1. The van der Waals surface area contributed by atoms with Gasteiger partial charge in [-0.3, -0.25) is 0 Å². The van der Waals surface area contributed by atoms with Crippen LogP contribution in [0.3, 0.4) is 0 Å². The molecule has 21 heavy (non-hydrogen) atoms. The number of rotatable bonds is 4. The number of nitrogens with zero attached hydrogens (tertiary/aromatic N) is 2. The highest BCUT2D eigenvalue weighted by molar-refractivity contribution is 5.47. The molecule has 2 atom stereocenters. The van der Waals surface area contributed by atoms with Crippen LogP contribution in [-0.2, 0) is 6.54 Å². The molecule has 1 aliphatic carbocycles. The molecule has 1 aromatic heterocycles. The molecule has 1 N–H and O–H groups in total. The zero-order chi connectivity index (χ0) is 14.7. The van der Waals surface area contributed by atoms with Crippen LogP contribution >= 0.6 is 0 Å². The van der Waals surface area contributed by atoms with Gasteiger partial charge in [-0.05, 0) is 30.7 Å². The van der Waals surface area contributed by atoms with Crippen LogP contribution in [0.5, 0.6) is 0 Å². The third-order valence-corrected chi connectivity index (χ3v) is 5.16. The van der Waals surface area contributed by atoms with E-state index in [-0.39, 0.29) is 0 Å². The Bertz CT molecular complexity index is 458. The summed E-state index contributed by atoms with van der Waals surface area (Å²) in [7, 11) is 0. The van der Waals surface area contributed by atoms with Crippen molar-refractivity contribution in [2.24, 2.45) is 11.8 Å². The summed E-state index contributed by atoms with van der Waals surface area (Å²) in [6, 6.07) is 4.81. The lowest BCUT2D eigenvalue weighted by Crippen LogP contribution is -2.42. The molecular weight excluding hydrogens is 258 g/mol. The molecule has 1 aliphatic heterocycles. The normalized spacial score (nSPS) is 26.0. The Morgan fingerprint density at radius 3 is 2.86 bits per heavy atom. The van der Waals surface area contributed by atoms with Crippen molar-refractivity contribution in [2.45, 2.75) is 58.5 Å². The molecule has 2 fully saturated rings. The quantitative estimate of drug-likeness (QED) is 0.917. The van der Waals surface area contributed by atoms with Crippen molar-refractivity contribution >= 4 is 5.82 Å². The van der Waals surface area contributed by atoms with E-state index < -0.39 is 0 Å². The summed E-state index contributed by atoms with van der Waals surface area (Å²) in [4.78, 5) is 7.25. The van der Waals surface area contributed by atoms with Crippen molar-refractivity contribution in [2.75, 3.05) is 18.0 Å². The largest absolute Gasteiger partial charge is 0.356 e. The van der Waals surface area contributed by atoms with Crippen molar-refractivity contribution in [1.82, 2.24) is 10.3 Å². The summed E-state index contributed by atoms with van der Waals surface area (Å²) in [6.07, 6.45) is 9.07. The maximum absolute atomic E-state index is 4.70. The predicted molar refractivity (Wildman–Crippen MR) is 88.5 cm³/mol. The number of fused-ring (bicyclic) bond motifs is 1. The Kier molecular flexibility index (Phi) is 4.79. The number of nitrogens with one attached hydrogen (secondary N) is 1. The highest BCUT2D eigenvalue weighted by Crippen LogP contribution is 2.37. The van der Waals surface area contributed by atoms with Gasteiger partial charge in [-0.2, -0.15) is 0 Å². The minimum absolute atomic E-state index is 0.516. The molecule has 2 unspecified atom stereocenters. The summed E-state index contributed by atoms with van der Waals surface area (Å²) in [5.41, 5.74) is 1.35. The minimum Gasteiger partial charge on any atom is -0.356 e. The fourth-order valence-electron chi connectivity index (χ4n) is 3.96. The van der Waals surface area contributed by atoms with Crippen molar-refractivity contribution < 1.29 is 0 Å². The Labute approximate surface area is 129 Å². The van der Waals surface area contributed by atoms with Gasteiger partial charge in [-0.15, -0.1) is 0 Å². The second kappa shape index (κ2) is 6.78.